The molecule has 1 unspecified atom stereocenters. The Morgan fingerprint density at radius 2 is 1.82 bits per heavy atom. The van der Waals surface area contributed by atoms with E-state index >= 15 is 0 Å². The molecule has 2 aromatic rings. The molecule has 0 aromatic heterocycles. The van der Waals surface area contributed by atoms with E-state index in [1.54, 1.807) is 0 Å². The first-order valence-corrected chi connectivity index (χ1v) is 12.2. The third kappa shape index (κ3) is 6.08. The second kappa shape index (κ2) is 11.4. The van der Waals surface area contributed by atoms with Crippen LogP contribution in [0.15, 0.2) is 42.5 Å². The first-order chi connectivity index (χ1) is 16.5. The molecule has 7 heteroatoms. The van der Waals surface area contributed by atoms with Crippen LogP contribution in [0.25, 0.3) is 0 Å². The molecule has 0 saturated carbocycles. The van der Waals surface area contributed by atoms with Gasteiger partial charge in [-0.05, 0) is 74.5 Å². The van der Waals surface area contributed by atoms with Crippen molar-refractivity contribution < 1.29 is 24.2 Å². The van der Waals surface area contributed by atoms with Crippen molar-refractivity contribution in [3.05, 3.63) is 59.2 Å². The molecule has 1 amide bonds. The van der Waals surface area contributed by atoms with E-state index in [1.165, 1.54) is 50.1 Å². The van der Waals surface area contributed by atoms with Crippen molar-refractivity contribution in [3.63, 3.8) is 0 Å². The van der Waals surface area contributed by atoms with Crippen molar-refractivity contribution in [1.82, 2.24) is 9.80 Å². The topological polar surface area (TPSA) is 79.3 Å². The number of nitrogens with zero attached hydrogens (tertiary/aromatic N) is 2. The lowest BCUT2D eigenvalue weighted by Crippen LogP contribution is -2.45. The smallest absolute Gasteiger partial charge is 0.338 e. The van der Waals surface area contributed by atoms with Crippen LogP contribution in [0.4, 0.5) is 0 Å². The number of carbonyl (C=O) groups is 2. The molecule has 182 valence electrons. The first kappa shape index (κ1) is 24.1. The second-order valence-corrected chi connectivity index (χ2v) is 9.13. The number of esters is 1. The molecule has 2 aliphatic rings. The predicted molar refractivity (Wildman–Crippen MR) is 129 cm³/mol. The van der Waals surface area contributed by atoms with Gasteiger partial charge in [-0.3, -0.25) is 9.69 Å². The molecular formula is C27H34N2O5. The van der Waals surface area contributed by atoms with E-state index in [2.05, 4.69) is 17.0 Å². The highest BCUT2D eigenvalue weighted by Gasteiger charge is 2.25. The maximum atomic E-state index is 13.5. The highest BCUT2D eigenvalue weighted by atomic mass is 16.5. The summed E-state index contributed by atoms with van der Waals surface area (Å²) in [5, 5.41) is 10.1. The third-order valence-electron chi connectivity index (χ3n) is 6.79. The molecule has 0 aliphatic carbocycles. The van der Waals surface area contributed by atoms with E-state index in [1.807, 2.05) is 17.0 Å². The number of piperidine rings is 1. The third-order valence-corrected chi connectivity index (χ3v) is 6.79. The summed E-state index contributed by atoms with van der Waals surface area (Å²) in [6.07, 6.45) is 6.39. The summed E-state index contributed by atoms with van der Waals surface area (Å²) >= 11 is 0. The number of aryl methyl sites for hydroxylation is 1. The lowest BCUT2D eigenvalue weighted by atomic mass is 9.95. The van der Waals surface area contributed by atoms with Gasteiger partial charge >= 0.3 is 5.97 Å². The van der Waals surface area contributed by atoms with Crippen LogP contribution < -0.4 is 4.74 Å². The van der Waals surface area contributed by atoms with Crippen molar-refractivity contribution in [3.8, 4) is 11.5 Å². The van der Waals surface area contributed by atoms with Crippen LogP contribution in [0.1, 0.15) is 58.4 Å². The Hall–Kier alpha value is -3.06. The number of rotatable bonds is 2. The second-order valence-electron chi connectivity index (χ2n) is 9.13. The minimum Gasteiger partial charge on any atom is -0.508 e. The molecule has 1 atom stereocenters. The average molecular weight is 467 g/mol. The fourth-order valence-corrected chi connectivity index (χ4v) is 4.97. The van der Waals surface area contributed by atoms with Crippen LogP contribution in [0.2, 0.25) is 0 Å². The van der Waals surface area contributed by atoms with Gasteiger partial charge in [-0.2, -0.15) is 0 Å². The minimum atomic E-state index is -0.585. The molecule has 2 heterocycles. The summed E-state index contributed by atoms with van der Waals surface area (Å²) in [6, 6.07) is 13.0. The quantitative estimate of drug-likeness (QED) is 0.677. The molecule has 2 bridgehead atoms. The van der Waals surface area contributed by atoms with Crippen LogP contribution in [0.5, 0.6) is 11.5 Å². The zero-order valence-corrected chi connectivity index (χ0v) is 19.9. The Bertz CT molecular complexity index is 1010. The van der Waals surface area contributed by atoms with Crippen LogP contribution in [-0.4, -0.2) is 72.7 Å². The Morgan fingerprint density at radius 3 is 2.68 bits per heavy atom. The molecule has 2 aliphatic heterocycles. The molecule has 0 radical (unpaired) electrons. The minimum absolute atomic E-state index is 0.132. The number of phenolic OH excluding ortho intramolecular Hbond substituents is 1. The first-order valence-electron chi connectivity index (χ1n) is 12.2. The summed E-state index contributed by atoms with van der Waals surface area (Å²) in [6.45, 7) is 3.48. The molecule has 2 aromatic carbocycles. The highest BCUT2D eigenvalue weighted by molar-refractivity contribution is 5.98. The number of ether oxygens (including phenoxy) is 2. The number of methoxy groups -OCH3 is 1. The number of benzene rings is 2. The summed E-state index contributed by atoms with van der Waals surface area (Å²) < 4.78 is 10.7. The summed E-state index contributed by atoms with van der Waals surface area (Å²) in [4.78, 5) is 29.8. The molecule has 7 nitrogen and oxygen atoms in total. The Morgan fingerprint density at radius 1 is 0.971 bits per heavy atom. The van der Waals surface area contributed by atoms with E-state index in [-0.39, 0.29) is 22.8 Å². The maximum absolute atomic E-state index is 13.5. The molecule has 1 fully saturated rings. The average Bonchev–Trinajstić information content (AvgIpc) is 2.86. The van der Waals surface area contributed by atoms with Gasteiger partial charge in [-0.25, -0.2) is 4.79 Å². The number of amides is 1. The fourth-order valence-electron chi connectivity index (χ4n) is 4.97. The normalized spacial score (nSPS) is 19.9. The lowest BCUT2D eigenvalue weighted by molar-refractivity contribution is 0.0600. The lowest BCUT2D eigenvalue weighted by Gasteiger charge is -2.37. The highest BCUT2D eigenvalue weighted by Crippen LogP contribution is 2.24. The maximum Gasteiger partial charge on any atom is 0.338 e. The number of aromatic hydroxyl groups is 1. The van der Waals surface area contributed by atoms with Crippen molar-refractivity contribution in [2.24, 2.45) is 0 Å². The number of phenols is 1. The molecule has 0 spiro atoms. The SMILES string of the molecule is COC(=O)c1cc(O)cc(C(=O)N2CCCOc3cccc(c3)CCC3CCCCN3CC2)c1. The van der Waals surface area contributed by atoms with Crippen molar-refractivity contribution in [1.29, 1.82) is 0 Å². The monoisotopic (exact) mass is 466 g/mol. The van der Waals surface area contributed by atoms with Crippen LogP contribution in [0, 0.1) is 0 Å². The van der Waals surface area contributed by atoms with Crippen molar-refractivity contribution in [2.45, 2.75) is 44.6 Å². The zero-order valence-electron chi connectivity index (χ0n) is 19.9. The van der Waals surface area contributed by atoms with Crippen LogP contribution >= 0.6 is 0 Å². The number of hydrogen-bond acceptors (Lipinski definition) is 6. The summed E-state index contributed by atoms with van der Waals surface area (Å²) in [7, 11) is 1.28. The van der Waals surface area contributed by atoms with Crippen molar-refractivity contribution >= 4 is 11.9 Å². The van der Waals surface area contributed by atoms with Gasteiger partial charge in [0.05, 0.1) is 19.3 Å². The van der Waals surface area contributed by atoms with E-state index < -0.39 is 5.97 Å². The van der Waals surface area contributed by atoms with Gasteiger partial charge < -0.3 is 19.5 Å². The molecule has 1 saturated heterocycles. The summed E-state index contributed by atoms with van der Waals surface area (Å²) in [5.41, 5.74) is 1.75. The number of carbonyl (C=O) groups excluding carboxylic acids is 2. The molecule has 4 rings (SSSR count). The van der Waals surface area contributed by atoms with Gasteiger partial charge in [0.25, 0.3) is 5.91 Å². The van der Waals surface area contributed by atoms with Gasteiger partial charge in [-0.1, -0.05) is 18.6 Å². The van der Waals surface area contributed by atoms with E-state index in [0.29, 0.717) is 32.2 Å². The van der Waals surface area contributed by atoms with Gasteiger partial charge in [0.15, 0.2) is 0 Å². The Balaban J connectivity index is 1.55. The van der Waals surface area contributed by atoms with E-state index in [0.717, 1.165) is 31.7 Å². The standard InChI is InChI=1S/C27H34N2O5/c1-33-27(32)22-17-21(18-24(30)19-22)26(31)29-12-5-15-34-25-8-4-6-20(16-25)9-10-23-7-2-3-11-28(23)13-14-29/h4,6,8,16-19,23,30H,2-3,5,7,9-15H2,1H3. The largest absolute Gasteiger partial charge is 0.508 e. The summed E-state index contributed by atoms with van der Waals surface area (Å²) in [5.74, 6) is -0.0576. The van der Waals surface area contributed by atoms with E-state index in [9.17, 15) is 14.7 Å². The fraction of sp³-hybridized carbons (Fsp3) is 0.481. The predicted octanol–water partition coefficient (Wildman–Crippen LogP) is 3.89. The number of hydrogen-bond donors (Lipinski definition) is 1. The van der Waals surface area contributed by atoms with E-state index in [4.69, 9.17) is 9.47 Å². The van der Waals surface area contributed by atoms with Crippen LogP contribution in [-0.2, 0) is 11.2 Å². The Kier molecular flexibility index (Phi) is 8.06. The molecule has 34 heavy (non-hydrogen) atoms. The number of fused-ring (bicyclic) bond motifs is 3. The molecule has 1 N–H and O–H groups in total. The van der Waals surface area contributed by atoms with Gasteiger partial charge in [0.1, 0.15) is 11.5 Å². The zero-order chi connectivity index (χ0) is 23.9. The van der Waals surface area contributed by atoms with Crippen molar-refractivity contribution in [2.75, 3.05) is 39.9 Å². The van der Waals surface area contributed by atoms with Crippen LogP contribution in [0.3, 0.4) is 0 Å². The van der Waals surface area contributed by atoms with Gasteiger partial charge in [0, 0.05) is 31.2 Å². The van der Waals surface area contributed by atoms with Gasteiger partial charge in [0.2, 0.25) is 0 Å². The Labute approximate surface area is 201 Å². The van der Waals surface area contributed by atoms with Gasteiger partial charge in [-0.15, -0.1) is 0 Å². The molecular weight excluding hydrogens is 432 g/mol.